The Labute approximate surface area is 782 Å². The number of para-hydroxylation sites is 1. The Balaban J connectivity index is 1.05. The molecule has 35 nitrogen and oxygen atoms in total. The van der Waals surface area contributed by atoms with Gasteiger partial charge in [-0.1, -0.05) is 181 Å². The summed E-state index contributed by atoms with van der Waals surface area (Å²) in [5.74, 6) is -17.0. The first kappa shape index (κ1) is 102. The highest BCUT2D eigenvalue weighted by atomic mass is 32.2. The van der Waals surface area contributed by atoms with Crippen molar-refractivity contribution in [1.82, 2.24) is 77.8 Å². The number of hydrogen-bond donors (Lipinski definition) is 15. The van der Waals surface area contributed by atoms with Crippen LogP contribution in [-0.2, 0) is 115 Å². The van der Waals surface area contributed by atoms with Crippen molar-refractivity contribution in [2.45, 2.75) is 222 Å². The normalized spacial score (nSPS) is 24.0. The lowest BCUT2D eigenvalue weighted by Gasteiger charge is -2.39. The van der Waals surface area contributed by atoms with Gasteiger partial charge in [0.15, 0.2) is 0 Å². The number of nitrogens with zero attached hydrogens (tertiary/aromatic N) is 4. The van der Waals surface area contributed by atoms with E-state index in [1.54, 1.807) is 149 Å². The van der Waals surface area contributed by atoms with Gasteiger partial charge in [-0.15, -0.1) is 11.8 Å². The van der Waals surface area contributed by atoms with Crippen LogP contribution in [0.4, 0.5) is 0 Å². The number of aromatic amines is 1. The fourth-order valence-electron chi connectivity index (χ4n) is 17.0. The number of phenolic OH excluding ortho intramolecular Hbond substituents is 2. The third-order valence-electron chi connectivity index (χ3n) is 24.4. The first-order chi connectivity index (χ1) is 64.0. The minimum Gasteiger partial charge on any atom is -0.508 e. The summed E-state index contributed by atoms with van der Waals surface area (Å²) < 4.78 is 0. The molecular weight excluding hydrogens is 1740 g/mol. The Morgan fingerprint density at radius 3 is 1.58 bits per heavy atom. The van der Waals surface area contributed by atoms with Gasteiger partial charge in [-0.25, -0.2) is 0 Å². The third-order valence-corrected chi connectivity index (χ3v) is 25.4. The number of aromatic hydroxyl groups is 2. The molecular formula is C98H124N16O19S. The number of fused-ring (bicyclic) bond motifs is 3. The lowest BCUT2D eigenvalue weighted by molar-refractivity contribution is -0.152. The zero-order chi connectivity index (χ0) is 97.0. The number of hydrogen-bond acceptors (Lipinski definition) is 19. The number of carbonyl (C=O) groups is 16. The van der Waals surface area contributed by atoms with Gasteiger partial charge >= 0.3 is 5.97 Å². The molecule has 36 heteroatoms. The minimum atomic E-state index is -2.05. The molecule has 716 valence electrons. The molecule has 1 aromatic heterocycles. The van der Waals surface area contributed by atoms with Crippen LogP contribution in [0.15, 0.2) is 170 Å². The van der Waals surface area contributed by atoms with Crippen LogP contribution in [-0.4, -0.2) is 258 Å². The van der Waals surface area contributed by atoms with Crippen LogP contribution < -0.4 is 58.9 Å². The van der Waals surface area contributed by atoms with Crippen LogP contribution in [0.1, 0.15) is 139 Å². The standard InChI is InChI=1S/C98H124N16O19S/c1-9-10-33-79-96(132)114-45-24-35-78(114)91(127)106-73(52-83(119)120)89(125)109-84(59(4)5)92(128)110-98(6,53-64-29-18-13-19-30-64)97(133)108-75(49-63-38-42-67(116)43-39-63)94(130)113-44-23-22-34-77(113)90(126)105-72(51-65-54-100-69-32-21-20-31-68(65)69)88(124)104-71(47-62-36-40-66(115)41-37-62)87(123)103-70(46-58(2)3)86(122)107-76(85(121)101-55-81(99)117)56-134-57-82(118)102-74(48-60-25-14-11-15-26-60)93(129)112(8)80(95(131)111(79)7)50-61-27-16-12-17-28-61/h11-21,25-32,36-43,54,58-59,70-80,84,100,115-116H,9-10,22-24,33-35,44-53,55-57H2,1-8H3,(H2,99,117)(H,101,121)(H,102,118)(H,103,123)(H,104,124)(H,105,126)(H,106,127)(H,107,122)(H,108,133)(H,109,125)(H,110,128)(H,119,120)/t70-,71-,72+,73-,74-,75-,76-,77+,78+,79-,80-,84-,98-/m0/s1. The molecule has 10 rings (SSSR count). The maximum Gasteiger partial charge on any atom is 0.305 e. The molecule has 6 aromatic carbocycles. The minimum absolute atomic E-state index is 0.0225. The second kappa shape index (κ2) is 48.6. The Hall–Kier alpha value is -13.7. The number of nitrogens with one attached hydrogen (secondary N) is 11. The Morgan fingerprint density at radius 1 is 0.507 bits per heavy atom. The van der Waals surface area contributed by atoms with E-state index in [0.717, 1.165) is 11.8 Å². The number of amides is 15. The van der Waals surface area contributed by atoms with Gasteiger partial charge in [0.1, 0.15) is 89.5 Å². The van der Waals surface area contributed by atoms with E-state index in [9.17, 15) is 44.1 Å². The van der Waals surface area contributed by atoms with Crippen LogP contribution in [0.2, 0.25) is 0 Å². The number of likely N-dealkylation sites (N-methyl/N-ethyl adjacent to an activating group) is 2. The van der Waals surface area contributed by atoms with Crippen molar-refractivity contribution in [3.8, 4) is 11.5 Å². The van der Waals surface area contributed by atoms with Gasteiger partial charge in [0.2, 0.25) is 88.6 Å². The number of carbonyl (C=O) groups excluding carboxylic acids is 15. The molecule has 0 saturated carbocycles. The van der Waals surface area contributed by atoms with Crippen molar-refractivity contribution >= 4 is 117 Å². The molecule has 3 saturated heterocycles. The number of carboxylic acids is 1. The Morgan fingerprint density at radius 2 is 1.00 bits per heavy atom. The van der Waals surface area contributed by atoms with Gasteiger partial charge in [-0.2, -0.15) is 0 Å². The van der Waals surface area contributed by atoms with Crippen molar-refractivity contribution in [1.29, 1.82) is 0 Å². The van der Waals surface area contributed by atoms with E-state index in [1.807, 2.05) is 6.92 Å². The maximum atomic E-state index is 16.0. The molecule has 0 bridgehead atoms. The third kappa shape index (κ3) is 28.7. The van der Waals surface area contributed by atoms with Crippen LogP contribution in [0.5, 0.6) is 11.5 Å². The Kier molecular flexibility index (Phi) is 37.2. The summed E-state index contributed by atoms with van der Waals surface area (Å²) in [6.07, 6.45) is 1.24. The number of rotatable bonds is 23. The first-order valence-corrected chi connectivity index (χ1v) is 46.6. The summed E-state index contributed by atoms with van der Waals surface area (Å²) in [6, 6.07) is 26.6. The van der Waals surface area contributed by atoms with Gasteiger partial charge < -0.3 is 98.8 Å². The van der Waals surface area contributed by atoms with E-state index in [0.29, 0.717) is 70.0 Å². The summed E-state index contributed by atoms with van der Waals surface area (Å²) in [5, 5.41) is 59.5. The number of primary amides is 1. The van der Waals surface area contributed by atoms with Crippen LogP contribution in [0, 0.1) is 11.8 Å². The number of H-pyrrole nitrogens is 1. The number of unbranched alkanes of at least 4 members (excludes halogenated alkanes) is 1. The first-order valence-electron chi connectivity index (χ1n) is 45.4. The van der Waals surface area contributed by atoms with Crippen molar-refractivity contribution in [3.63, 3.8) is 0 Å². The largest absolute Gasteiger partial charge is 0.508 e. The van der Waals surface area contributed by atoms with Gasteiger partial charge in [0.05, 0.1) is 18.7 Å². The van der Waals surface area contributed by atoms with Gasteiger partial charge in [0.25, 0.3) is 0 Å². The second-order valence-electron chi connectivity index (χ2n) is 35.6. The van der Waals surface area contributed by atoms with E-state index in [1.165, 1.54) is 89.1 Å². The lowest BCUT2D eigenvalue weighted by Crippen LogP contribution is -2.66. The molecule has 3 aliphatic heterocycles. The van der Waals surface area contributed by atoms with E-state index < -0.39 is 197 Å². The quantitative estimate of drug-likeness (QED) is 0.0433. The highest BCUT2D eigenvalue weighted by Gasteiger charge is 2.47. The molecule has 7 aromatic rings. The average Bonchev–Trinajstić information content (AvgIpc) is 1.47. The van der Waals surface area contributed by atoms with Crippen molar-refractivity contribution in [3.05, 3.63) is 203 Å². The summed E-state index contributed by atoms with van der Waals surface area (Å²) >= 11 is 0.840. The van der Waals surface area contributed by atoms with E-state index in [-0.39, 0.29) is 107 Å². The van der Waals surface area contributed by atoms with Crippen molar-refractivity contribution < 1.29 is 92.0 Å². The summed E-state index contributed by atoms with van der Waals surface area (Å²) in [7, 11) is 2.80. The summed E-state index contributed by atoms with van der Waals surface area (Å²) in [6.45, 7) is 9.17. The van der Waals surface area contributed by atoms with Gasteiger partial charge in [0, 0.05) is 88.6 Å². The van der Waals surface area contributed by atoms with E-state index in [2.05, 4.69) is 58.2 Å². The highest BCUT2D eigenvalue weighted by Crippen LogP contribution is 2.29. The number of benzene rings is 6. The molecule has 0 unspecified atom stereocenters. The monoisotopic (exact) mass is 1860 g/mol. The highest BCUT2D eigenvalue weighted by molar-refractivity contribution is 8.00. The van der Waals surface area contributed by atoms with Gasteiger partial charge in [-0.05, 0) is 127 Å². The smallest absolute Gasteiger partial charge is 0.305 e. The van der Waals surface area contributed by atoms with E-state index in [4.69, 9.17) is 5.73 Å². The second-order valence-corrected chi connectivity index (χ2v) is 36.6. The fourth-order valence-corrected chi connectivity index (χ4v) is 17.9. The van der Waals surface area contributed by atoms with Crippen molar-refractivity contribution in [2.75, 3.05) is 45.2 Å². The maximum absolute atomic E-state index is 16.0. The zero-order valence-corrected chi connectivity index (χ0v) is 77.6. The summed E-state index contributed by atoms with van der Waals surface area (Å²) in [4.78, 5) is 248. The van der Waals surface area contributed by atoms with Crippen LogP contribution >= 0.6 is 11.8 Å². The van der Waals surface area contributed by atoms with Crippen LogP contribution in [0.3, 0.4) is 0 Å². The molecule has 134 heavy (non-hydrogen) atoms. The van der Waals surface area contributed by atoms with Crippen molar-refractivity contribution in [2.24, 2.45) is 17.6 Å². The fraction of sp³-hybridized carbons (Fsp3) is 0.449. The molecule has 16 N–H and O–H groups in total. The number of piperidine rings is 1. The lowest BCUT2D eigenvalue weighted by atomic mass is 9.89. The number of aromatic nitrogens is 1. The molecule has 4 heterocycles. The zero-order valence-electron chi connectivity index (χ0n) is 76.7. The predicted molar refractivity (Wildman–Crippen MR) is 501 cm³/mol. The van der Waals surface area contributed by atoms with Crippen LogP contribution in [0.25, 0.3) is 10.9 Å². The number of thioether (sulfide) groups is 1. The molecule has 0 aliphatic carbocycles. The number of nitrogens with two attached hydrogens (primary N) is 1. The molecule has 0 spiro atoms. The number of aliphatic carboxylic acids is 1. The topological polar surface area (TPSA) is 509 Å². The summed E-state index contributed by atoms with van der Waals surface area (Å²) in [5.41, 5.74) is 7.17. The average molecular weight is 1860 g/mol. The molecule has 13 atom stereocenters. The number of carboxylic acid groups (broad SMARTS) is 1. The Bertz CT molecular complexity index is 5300. The number of phenols is 2. The van der Waals surface area contributed by atoms with Gasteiger partial charge in [-0.3, -0.25) is 76.7 Å². The molecule has 3 aliphatic rings. The molecule has 15 amide bonds. The predicted octanol–water partition coefficient (Wildman–Crippen LogP) is 3.83. The molecule has 3 fully saturated rings. The molecule has 0 radical (unpaired) electrons. The van der Waals surface area contributed by atoms with E-state index >= 15 is 47.9 Å². The SMILES string of the molecule is CCCC[C@H]1C(=O)N2CCC[C@@H]2C(=O)N[C@@H](CC(=O)O)C(=O)N[C@@H](C(C)C)C(=O)N[C@@](C)(Cc2ccccc2)C(=O)N[C@@H](Cc2ccc(O)cc2)C(=O)N2CCCC[C@@H]2C(=O)N[C@H](Cc2c[nH]c3ccccc23)C(=O)N[C@@H](Cc2ccc(O)cc2)C(=O)N[C@@H](CC(C)C)C(=O)N[C@H](C(=O)NCC(N)=O)CSCC(=O)N[C@@H](Cc2ccccc2)C(=O)N(C)[C@@H](Cc2ccccc2)C(=O)N1C.